The second kappa shape index (κ2) is 7.62. The lowest BCUT2D eigenvalue weighted by molar-refractivity contribution is -0.126. The molecule has 1 aromatic rings. The molecule has 1 aliphatic carbocycles. The van der Waals surface area contributed by atoms with E-state index < -0.39 is 12.1 Å². The van der Waals surface area contributed by atoms with Gasteiger partial charge in [0.25, 0.3) is 0 Å². The molecule has 7 nitrogen and oxygen atoms in total. The largest absolute Gasteiger partial charge is 0.351 e. The number of rotatable bonds is 5. The van der Waals surface area contributed by atoms with Crippen LogP contribution in [0.3, 0.4) is 0 Å². The molecule has 23 heavy (non-hydrogen) atoms. The second-order valence-corrected chi connectivity index (χ2v) is 5.78. The molecule has 2 rings (SSSR count). The minimum Gasteiger partial charge on any atom is -0.351 e. The van der Waals surface area contributed by atoms with Gasteiger partial charge in [-0.2, -0.15) is 0 Å². The van der Waals surface area contributed by atoms with E-state index in [0.717, 1.165) is 25.7 Å². The molecule has 4 amide bonds. The van der Waals surface area contributed by atoms with Crippen LogP contribution in [0.5, 0.6) is 0 Å². The molecular formula is C16H22N4O3. The molecule has 0 aliphatic heterocycles. The van der Waals surface area contributed by atoms with Crippen LogP contribution in [-0.4, -0.2) is 23.9 Å². The van der Waals surface area contributed by atoms with Gasteiger partial charge in [0.2, 0.25) is 11.8 Å². The normalized spacial score (nSPS) is 15.7. The first-order valence-corrected chi connectivity index (χ1v) is 7.70. The Bertz CT molecular complexity index is 597. The van der Waals surface area contributed by atoms with Crippen molar-refractivity contribution in [2.45, 2.75) is 38.6 Å². The van der Waals surface area contributed by atoms with Gasteiger partial charge in [-0.3, -0.25) is 9.59 Å². The van der Waals surface area contributed by atoms with Crippen LogP contribution in [0.4, 0.5) is 16.2 Å². The number of urea groups is 1. The van der Waals surface area contributed by atoms with Gasteiger partial charge in [0.15, 0.2) is 0 Å². The molecule has 1 fully saturated rings. The summed E-state index contributed by atoms with van der Waals surface area (Å²) < 4.78 is 0. The van der Waals surface area contributed by atoms with E-state index in [1.807, 2.05) is 0 Å². The Kier molecular flexibility index (Phi) is 5.56. The molecule has 1 atom stereocenters. The molecule has 1 unspecified atom stereocenters. The average Bonchev–Trinajstić information content (AvgIpc) is 2.98. The lowest BCUT2D eigenvalue weighted by Gasteiger charge is -2.23. The summed E-state index contributed by atoms with van der Waals surface area (Å²) in [4.78, 5) is 34.8. The SMILES string of the molecule is CC(=O)NC(C(=O)Nc1cccc(NC(N)=O)c1)C1CCCC1. The summed E-state index contributed by atoms with van der Waals surface area (Å²) >= 11 is 0. The number of anilines is 2. The van der Waals surface area contributed by atoms with E-state index in [9.17, 15) is 14.4 Å². The minimum atomic E-state index is -0.671. The predicted octanol–water partition coefficient (Wildman–Crippen LogP) is 1.81. The highest BCUT2D eigenvalue weighted by molar-refractivity contribution is 5.98. The molecule has 1 aliphatic rings. The van der Waals surface area contributed by atoms with Gasteiger partial charge in [0, 0.05) is 18.3 Å². The van der Waals surface area contributed by atoms with E-state index in [1.54, 1.807) is 24.3 Å². The maximum absolute atomic E-state index is 12.5. The highest BCUT2D eigenvalue weighted by atomic mass is 16.2. The van der Waals surface area contributed by atoms with Crippen LogP contribution in [0.2, 0.25) is 0 Å². The van der Waals surface area contributed by atoms with Crippen molar-refractivity contribution in [3.05, 3.63) is 24.3 Å². The van der Waals surface area contributed by atoms with Crippen molar-refractivity contribution in [2.24, 2.45) is 11.7 Å². The van der Waals surface area contributed by atoms with Crippen molar-refractivity contribution in [3.8, 4) is 0 Å². The Morgan fingerprint density at radius 3 is 2.30 bits per heavy atom. The molecule has 0 heterocycles. The molecule has 0 saturated heterocycles. The standard InChI is InChI=1S/C16H22N4O3/c1-10(21)18-14(11-5-2-3-6-11)15(22)19-12-7-4-8-13(9-12)20-16(17)23/h4,7-9,11,14H,2-3,5-6H2,1H3,(H,18,21)(H,19,22)(H3,17,20,23). The van der Waals surface area contributed by atoms with Crippen molar-refractivity contribution >= 4 is 29.2 Å². The van der Waals surface area contributed by atoms with Gasteiger partial charge >= 0.3 is 6.03 Å². The van der Waals surface area contributed by atoms with Crippen molar-refractivity contribution in [3.63, 3.8) is 0 Å². The lowest BCUT2D eigenvalue weighted by Crippen LogP contribution is -2.47. The predicted molar refractivity (Wildman–Crippen MR) is 87.8 cm³/mol. The van der Waals surface area contributed by atoms with Gasteiger partial charge < -0.3 is 21.7 Å². The first-order chi connectivity index (χ1) is 11.0. The molecule has 0 aromatic heterocycles. The van der Waals surface area contributed by atoms with E-state index in [4.69, 9.17) is 5.73 Å². The highest BCUT2D eigenvalue weighted by Gasteiger charge is 2.31. The van der Waals surface area contributed by atoms with Crippen molar-refractivity contribution in [2.75, 3.05) is 10.6 Å². The third kappa shape index (κ3) is 4.98. The van der Waals surface area contributed by atoms with Gasteiger partial charge in [-0.05, 0) is 37.0 Å². The zero-order valence-electron chi connectivity index (χ0n) is 13.1. The van der Waals surface area contributed by atoms with Gasteiger partial charge in [0.1, 0.15) is 6.04 Å². The Morgan fingerprint density at radius 2 is 1.74 bits per heavy atom. The third-order valence-corrected chi connectivity index (χ3v) is 3.91. The zero-order chi connectivity index (χ0) is 16.8. The van der Waals surface area contributed by atoms with Crippen LogP contribution in [0.25, 0.3) is 0 Å². The number of hydrogen-bond donors (Lipinski definition) is 4. The van der Waals surface area contributed by atoms with E-state index >= 15 is 0 Å². The van der Waals surface area contributed by atoms with Gasteiger partial charge in [-0.25, -0.2) is 4.79 Å². The third-order valence-electron chi connectivity index (χ3n) is 3.91. The Labute approximate surface area is 135 Å². The van der Waals surface area contributed by atoms with Crippen LogP contribution in [0.1, 0.15) is 32.6 Å². The highest BCUT2D eigenvalue weighted by Crippen LogP contribution is 2.28. The van der Waals surface area contributed by atoms with E-state index in [0.29, 0.717) is 11.4 Å². The van der Waals surface area contributed by atoms with Crippen LogP contribution >= 0.6 is 0 Å². The molecule has 1 aromatic carbocycles. The number of primary amides is 1. The summed E-state index contributed by atoms with van der Waals surface area (Å²) in [6, 6.07) is 5.48. The molecular weight excluding hydrogens is 296 g/mol. The van der Waals surface area contributed by atoms with E-state index in [2.05, 4.69) is 16.0 Å². The molecule has 0 radical (unpaired) electrons. The van der Waals surface area contributed by atoms with Crippen molar-refractivity contribution in [1.29, 1.82) is 0 Å². The smallest absolute Gasteiger partial charge is 0.316 e. The number of hydrogen-bond acceptors (Lipinski definition) is 3. The summed E-state index contributed by atoms with van der Waals surface area (Å²) in [6.07, 6.45) is 4.02. The molecule has 1 saturated carbocycles. The fourth-order valence-corrected chi connectivity index (χ4v) is 2.94. The fourth-order valence-electron chi connectivity index (χ4n) is 2.94. The van der Waals surface area contributed by atoms with Gasteiger partial charge in [-0.15, -0.1) is 0 Å². The number of nitrogens with two attached hydrogens (primary N) is 1. The Balaban J connectivity index is 2.08. The summed E-state index contributed by atoms with van der Waals surface area (Å²) in [6.45, 7) is 1.41. The number of carbonyl (C=O) groups is 3. The topological polar surface area (TPSA) is 113 Å². The van der Waals surface area contributed by atoms with Crippen LogP contribution in [0.15, 0.2) is 24.3 Å². The quantitative estimate of drug-likeness (QED) is 0.664. The summed E-state index contributed by atoms with van der Waals surface area (Å²) in [5.41, 5.74) is 6.11. The number of amides is 4. The summed E-state index contributed by atoms with van der Waals surface area (Å²) in [5.74, 6) is -0.310. The van der Waals surface area contributed by atoms with Gasteiger partial charge in [-0.1, -0.05) is 18.9 Å². The Hall–Kier alpha value is -2.57. The summed E-state index contributed by atoms with van der Waals surface area (Å²) in [7, 11) is 0. The number of benzene rings is 1. The summed E-state index contributed by atoms with van der Waals surface area (Å²) in [5, 5.41) is 7.99. The fraction of sp³-hybridized carbons (Fsp3) is 0.438. The lowest BCUT2D eigenvalue weighted by atomic mass is 9.97. The molecule has 0 spiro atoms. The van der Waals surface area contributed by atoms with E-state index in [1.165, 1.54) is 6.92 Å². The number of carbonyl (C=O) groups excluding carboxylic acids is 3. The van der Waals surface area contributed by atoms with Crippen molar-refractivity contribution < 1.29 is 14.4 Å². The molecule has 5 N–H and O–H groups in total. The second-order valence-electron chi connectivity index (χ2n) is 5.78. The van der Waals surface area contributed by atoms with Gasteiger partial charge in [0.05, 0.1) is 0 Å². The van der Waals surface area contributed by atoms with Crippen LogP contribution < -0.4 is 21.7 Å². The monoisotopic (exact) mass is 318 g/mol. The minimum absolute atomic E-state index is 0.158. The van der Waals surface area contributed by atoms with E-state index in [-0.39, 0.29) is 17.7 Å². The molecule has 124 valence electrons. The number of nitrogens with one attached hydrogen (secondary N) is 3. The maximum atomic E-state index is 12.5. The average molecular weight is 318 g/mol. The first-order valence-electron chi connectivity index (χ1n) is 7.70. The first kappa shape index (κ1) is 16.8. The zero-order valence-corrected chi connectivity index (χ0v) is 13.1. The molecule has 0 bridgehead atoms. The van der Waals surface area contributed by atoms with Crippen molar-refractivity contribution in [1.82, 2.24) is 5.32 Å². The molecule has 7 heteroatoms. The van der Waals surface area contributed by atoms with Crippen LogP contribution in [-0.2, 0) is 9.59 Å². The maximum Gasteiger partial charge on any atom is 0.316 e. The van der Waals surface area contributed by atoms with Crippen LogP contribution in [0, 0.1) is 5.92 Å². The Morgan fingerprint density at radius 1 is 1.13 bits per heavy atom.